The number of nitrogen functional groups attached to an aromatic ring is 1. The molecule has 0 aliphatic carbocycles. The van der Waals surface area contributed by atoms with Gasteiger partial charge in [0.25, 0.3) is 5.91 Å². The van der Waals surface area contributed by atoms with Gasteiger partial charge in [0.05, 0.1) is 16.3 Å². The third-order valence-electron chi connectivity index (χ3n) is 2.01. The predicted octanol–water partition coefficient (Wildman–Crippen LogP) is 3.24. The Morgan fingerprint density at radius 1 is 1.38 bits per heavy atom. The van der Waals surface area contributed by atoms with Crippen molar-refractivity contribution < 1.29 is 4.79 Å². The van der Waals surface area contributed by atoms with Gasteiger partial charge >= 0.3 is 0 Å². The Balaban J connectivity index is 2.21. The summed E-state index contributed by atoms with van der Waals surface area (Å²) in [5, 5.41) is 5.10. The molecule has 0 aliphatic heterocycles. The highest BCUT2D eigenvalue weighted by molar-refractivity contribution is 7.12. The van der Waals surface area contributed by atoms with E-state index in [9.17, 15) is 4.79 Å². The highest BCUT2D eigenvalue weighted by atomic mass is 35.5. The van der Waals surface area contributed by atoms with Crippen molar-refractivity contribution in [3.8, 4) is 0 Å². The molecular formula is C11H9ClN2OS. The summed E-state index contributed by atoms with van der Waals surface area (Å²) in [7, 11) is 0. The molecule has 0 saturated carbocycles. The second-order valence-corrected chi connectivity index (χ2v) is 4.55. The van der Waals surface area contributed by atoms with Crippen LogP contribution >= 0.6 is 22.9 Å². The van der Waals surface area contributed by atoms with E-state index in [1.807, 2.05) is 11.4 Å². The SMILES string of the molecule is Nc1ccc(Cl)cc1NC(=O)c1cccs1. The van der Waals surface area contributed by atoms with Gasteiger partial charge in [0, 0.05) is 5.02 Å². The molecule has 1 amide bonds. The highest BCUT2D eigenvalue weighted by Crippen LogP contribution is 2.23. The number of carbonyl (C=O) groups is 1. The van der Waals surface area contributed by atoms with Crippen LogP contribution in [0.3, 0.4) is 0 Å². The molecule has 0 unspecified atom stereocenters. The maximum Gasteiger partial charge on any atom is 0.265 e. The molecule has 0 radical (unpaired) electrons. The first-order valence-corrected chi connectivity index (χ1v) is 5.82. The number of amides is 1. The van der Waals surface area contributed by atoms with E-state index >= 15 is 0 Å². The molecule has 82 valence electrons. The largest absolute Gasteiger partial charge is 0.397 e. The Bertz CT molecular complexity index is 511. The van der Waals surface area contributed by atoms with Crippen molar-refractivity contribution in [1.82, 2.24) is 0 Å². The Morgan fingerprint density at radius 2 is 2.19 bits per heavy atom. The van der Waals surface area contributed by atoms with Gasteiger partial charge in [-0.1, -0.05) is 17.7 Å². The number of carbonyl (C=O) groups excluding carboxylic acids is 1. The fraction of sp³-hybridized carbons (Fsp3) is 0. The summed E-state index contributed by atoms with van der Waals surface area (Å²) in [4.78, 5) is 12.4. The maximum atomic E-state index is 11.7. The second-order valence-electron chi connectivity index (χ2n) is 3.16. The molecular weight excluding hydrogens is 244 g/mol. The lowest BCUT2D eigenvalue weighted by Crippen LogP contribution is -2.11. The first kappa shape index (κ1) is 11.0. The first-order chi connectivity index (χ1) is 7.66. The average Bonchev–Trinajstić information content (AvgIpc) is 2.76. The topological polar surface area (TPSA) is 55.1 Å². The van der Waals surface area contributed by atoms with Crippen molar-refractivity contribution in [2.75, 3.05) is 11.1 Å². The third-order valence-corrected chi connectivity index (χ3v) is 3.11. The smallest absolute Gasteiger partial charge is 0.265 e. The molecule has 2 rings (SSSR count). The first-order valence-electron chi connectivity index (χ1n) is 4.56. The molecule has 3 nitrogen and oxygen atoms in total. The van der Waals surface area contributed by atoms with Gasteiger partial charge in [-0.25, -0.2) is 0 Å². The van der Waals surface area contributed by atoms with E-state index < -0.39 is 0 Å². The van der Waals surface area contributed by atoms with Crippen LogP contribution in [-0.2, 0) is 0 Å². The minimum absolute atomic E-state index is 0.177. The molecule has 1 heterocycles. The lowest BCUT2D eigenvalue weighted by atomic mass is 10.2. The van der Waals surface area contributed by atoms with Crippen molar-refractivity contribution in [2.45, 2.75) is 0 Å². The Labute approximate surface area is 102 Å². The van der Waals surface area contributed by atoms with Gasteiger partial charge in [-0.3, -0.25) is 4.79 Å². The number of benzene rings is 1. The highest BCUT2D eigenvalue weighted by Gasteiger charge is 2.08. The van der Waals surface area contributed by atoms with Gasteiger partial charge < -0.3 is 11.1 Å². The Kier molecular flexibility index (Phi) is 3.12. The van der Waals surface area contributed by atoms with Crippen LogP contribution in [0.2, 0.25) is 5.02 Å². The molecule has 2 aromatic rings. The summed E-state index contributed by atoms with van der Waals surface area (Å²) in [5.74, 6) is -0.177. The molecule has 1 aromatic carbocycles. The molecule has 0 aliphatic rings. The van der Waals surface area contributed by atoms with Crippen LogP contribution in [0.5, 0.6) is 0 Å². The molecule has 0 bridgehead atoms. The van der Waals surface area contributed by atoms with E-state index in [4.69, 9.17) is 17.3 Å². The number of anilines is 2. The number of thiophene rings is 1. The molecule has 0 fully saturated rings. The number of hydrogen-bond donors (Lipinski definition) is 2. The van der Waals surface area contributed by atoms with Gasteiger partial charge in [-0.2, -0.15) is 0 Å². The summed E-state index contributed by atoms with van der Waals surface area (Å²) < 4.78 is 0. The second kappa shape index (κ2) is 4.55. The minimum Gasteiger partial charge on any atom is -0.397 e. The minimum atomic E-state index is -0.177. The van der Waals surface area contributed by atoms with Crippen LogP contribution < -0.4 is 11.1 Å². The normalized spacial score (nSPS) is 10.1. The number of nitrogens with one attached hydrogen (secondary N) is 1. The number of halogens is 1. The standard InChI is InChI=1S/C11H9ClN2OS/c12-7-3-4-8(13)9(6-7)14-11(15)10-2-1-5-16-10/h1-6H,13H2,(H,14,15). The van der Waals surface area contributed by atoms with Crippen LogP contribution in [0.15, 0.2) is 35.7 Å². The quantitative estimate of drug-likeness (QED) is 0.807. The van der Waals surface area contributed by atoms with Crippen LogP contribution in [-0.4, -0.2) is 5.91 Å². The van der Waals surface area contributed by atoms with E-state index in [2.05, 4.69) is 5.32 Å². The molecule has 1 aromatic heterocycles. The van der Waals surface area contributed by atoms with Crippen LogP contribution in [0.25, 0.3) is 0 Å². The molecule has 16 heavy (non-hydrogen) atoms. The van der Waals surface area contributed by atoms with Crippen LogP contribution in [0, 0.1) is 0 Å². The number of rotatable bonds is 2. The fourth-order valence-electron chi connectivity index (χ4n) is 1.23. The van der Waals surface area contributed by atoms with Gasteiger partial charge in [0.15, 0.2) is 0 Å². The zero-order chi connectivity index (χ0) is 11.5. The van der Waals surface area contributed by atoms with Crippen LogP contribution in [0.4, 0.5) is 11.4 Å². The van der Waals surface area contributed by atoms with Gasteiger partial charge in [-0.15, -0.1) is 11.3 Å². The van der Waals surface area contributed by atoms with E-state index in [1.54, 1.807) is 24.3 Å². The fourth-order valence-corrected chi connectivity index (χ4v) is 2.02. The van der Waals surface area contributed by atoms with E-state index in [1.165, 1.54) is 11.3 Å². The van der Waals surface area contributed by atoms with Crippen molar-refractivity contribution >= 4 is 40.2 Å². The lowest BCUT2D eigenvalue weighted by Gasteiger charge is -2.07. The van der Waals surface area contributed by atoms with Crippen molar-refractivity contribution in [2.24, 2.45) is 0 Å². The van der Waals surface area contributed by atoms with Crippen molar-refractivity contribution in [3.05, 3.63) is 45.6 Å². The summed E-state index contributed by atoms with van der Waals surface area (Å²) in [6.45, 7) is 0. The van der Waals surface area contributed by atoms with Gasteiger partial charge in [0.1, 0.15) is 0 Å². The monoisotopic (exact) mass is 252 g/mol. The molecule has 5 heteroatoms. The third kappa shape index (κ3) is 2.35. The Morgan fingerprint density at radius 3 is 2.88 bits per heavy atom. The maximum absolute atomic E-state index is 11.7. The number of nitrogens with two attached hydrogens (primary N) is 1. The summed E-state index contributed by atoms with van der Waals surface area (Å²) in [6, 6.07) is 8.54. The van der Waals surface area contributed by atoms with Crippen molar-refractivity contribution in [1.29, 1.82) is 0 Å². The molecule has 0 saturated heterocycles. The average molecular weight is 253 g/mol. The Hall–Kier alpha value is -1.52. The lowest BCUT2D eigenvalue weighted by molar-refractivity contribution is 0.103. The predicted molar refractivity (Wildman–Crippen MR) is 68.1 cm³/mol. The molecule has 0 atom stereocenters. The molecule has 3 N–H and O–H groups in total. The summed E-state index contributed by atoms with van der Waals surface area (Å²) in [5.41, 5.74) is 6.75. The van der Waals surface area contributed by atoms with E-state index in [0.717, 1.165) is 0 Å². The molecule has 0 spiro atoms. The number of hydrogen-bond acceptors (Lipinski definition) is 3. The van der Waals surface area contributed by atoms with Crippen LogP contribution in [0.1, 0.15) is 9.67 Å². The van der Waals surface area contributed by atoms with Gasteiger partial charge in [-0.05, 0) is 29.6 Å². The summed E-state index contributed by atoms with van der Waals surface area (Å²) >= 11 is 7.20. The summed E-state index contributed by atoms with van der Waals surface area (Å²) in [6.07, 6.45) is 0. The van der Waals surface area contributed by atoms with Crippen molar-refractivity contribution in [3.63, 3.8) is 0 Å². The zero-order valence-electron chi connectivity index (χ0n) is 8.24. The van der Waals surface area contributed by atoms with E-state index in [-0.39, 0.29) is 5.91 Å². The van der Waals surface area contributed by atoms with Gasteiger partial charge in [0.2, 0.25) is 0 Å². The zero-order valence-corrected chi connectivity index (χ0v) is 9.81. The van der Waals surface area contributed by atoms with E-state index in [0.29, 0.717) is 21.3 Å².